The summed E-state index contributed by atoms with van der Waals surface area (Å²) in [6, 6.07) is 19.3. The summed E-state index contributed by atoms with van der Waals surface area (Å²) in [5.74, 6) is -0.636. The summed E-state index contributed by atoms with van der Waals surface area (Å²) < 4.78 is 14.7. The van der Waals surface area contributed by atoms with Gasteiger partial charge in [0.05, 0.1) is 17.8 Å². The van der Waals surface area contributed by atoms with E-state index in [2.05, 4.69) is 10.3 Å². The summed E-state index contributed by atoms with van der Waals surface area (Å²) in [5, 5.41) is 7.28. The number of halogens is 1. The third-order valence-electron chi connectivity index (χ3n) is 5.30. The van der Waals surface area contributed by atoms with Gasteiger partial charge in [0.1, 0.15) is 17.2 Å². The summed E-state index contributed by atoms with van der Waals surface area (Å²) in [7, 11) is 0. The normalized spacial score (nSPS) is 12.0. The number of amides is 1. The second-order valence-corrected chi connectivity index (χ2v) is 9.28. The number of fused-ring (bicyclic) bond motifs is 1. The molecule has 1 amide bonds. The molecular formula is C25H18FN3O2S2. The zero-order chi connectivity index (χ0) is 22.8. The molecule has 0 aliphatic rings. The highest BCUT2D eigenvalue weighted by molar-refractivity contribution is 7.17. The molecule has 0 radical (unpaired) electrons. The topological polar surface area (TPSA) is 64.0 Å². The molecule has 0 spiro atoms. The minimum Gasteiger partial charge on any atom is -0.343 e. The van der Waals surface area contributed by atoms with Crippen LogP contribution in [-0.2, 0) is 11.3 Å². The van der Waals surface area contributed by atoms with Crippen molar-refractivity contribution < 1.29 is 9.18 Å². The van der Waals surface area contributed by atoms with E-state index in [0.29, 0.717) is 15.8 Å². The summed E-state index contributed by atoms with van der Waals surface area (Å²) in [4.78, 5) is 32.2. The zero-order valence-corrected chi connectivity index (χ0v) is 18.9. The molecule has 2 aromatic carbocycles. The van der Waals surface area contributed by atoms with Gasteiger partial charge in [0.25, 0.3) is 5.56 Å². The van der Waals surface area contributed by atoms with Crippen molar-refractivity contribution in [2.45, 2.75) is 12.6 Å². The average molecular weight is 476 g/mol. The molecule has 0 bridgehead atoms. The summed E-state index contributed by atoms with van der Waals surface area (Å²) >= 11 is 2.90. The molecular weight excluding hydrogens is 457 g/mol. The number of nitrogens with one attached hydrogen (secondary N) is 1. The van der Waals surface area contributed by atoms with Crippen molar-refractivity contribution in [1.82, 2.24) is 14.9 Å². The molecule has 0 aliphatic carbocycles. The van der Waals surface area contributed by atoms with Crippen LogP contribution in [0.25, 0.3) is 21.3 Å². The molecule has 1 N–H and O–H groups in total. The van der Waals surface area contributed by atoms with Gasteiger partial charge < -0.3 is 5.32 Å². The van der Waals surface area contributed by atoms with Crippen molar-refractivity contribution >= 4 is 38.8 Å². The third kappa shape index (κ3) is 4.35. The van der Waals surface area contributed by atoms with E-state index in [4.69, 9.17) is 0 Å². The SMILES string of the molecule is O=C(Cn1cnc2scc(-c3ccc(F)cc3)c2c1=O)NC(c1ccccc1)c1cccs1. The van der Waals surface area contributed by atoms with Gasteiger partial charge in [-0.05, 0) is 34.7 Å². The van der Waals surface area contributed by atoms with Crippen molar-refractivity contribution in [1.29, 1.82) is 0 Å². The summed E-state index contributed by atoms with van der Waals surface area (Å²) in [6.07, 6.45) is 1.40. The first-order valence-corrected chi connectivity index (χ1v) is 12.0. The van der Waals surface area contributed by atoms with Gasteiger partial charge in [-0.2, -0.15) is 0 Å². The maximum Gasteiger partial charge on any atom is 0.263 e. The molecule has 3 heterocycles. The zero-order valence-electron chi connectivity index (χ0n) is 17.3. The molecule has 0 fully saturated rings. The lowest BCUT2D eigenvalue weighted by atomic mass is 10.1. The number of aromatic nitrogens is 2. The van der Waals surface area contributed by atoms with Crippen LogP contribution in [-0.4, -0.2) is 15.5 Å². The monoisotopic (exact) mass is 475 g/mol. The molecule has 0 saturated heterocycles. The van der Waals surface area contributed by atoms with Gasteiger partial charge in [-0.1, -0.05) is 48.5 Å². The molecule has 164 valence electrons. The molecule has 0 aliphatic heterocycles. The Morgan fingerprint density at radius 2 is 1.82 bits per heavy atom. The maximum absolute atomic E-state index is 13.3. The van der Waals surface area contributed by atoms with Crippen molar-refractivity contribution in [3.8, 4) is 11.1 Å². The highest BCUT2D eigenvalue weighted by Gasteiger charge is 2.19. The first-order valence-electron chi connectivity index (χ1n) is 10.2. The Hall–Kier alpha value is -3.62. The second-order valence-electron chi connectivity index (χ2n) is 7.44. The summed E-state index contributed by atoms with van der Waals surface area (Å²) in [6.45, 7) is -0.158. The number of thiophene rings is 2. The van der Waals surface area contributed by atoms with E-state index >= 15 is 0 Å². The number of nitrogens with zero attached hydrogens (tertiary/aromatic N) is 2. The third-order valence-corrected chi connectivity index (χ3v) is 7.12. The molecule has 5 nitrogen and oxygen atoms in total. The average Bonchev–Trinajstić information content (AvgIpc) is 3.51. The smallest absolute Gasteiger partial charge is 0.263 e. The van der Waals surface area contributed by atoms with Gasteiger partial charge in [-0.15, -0.1) is 22.7 Å². The lowest BCUT2D eigenvalue weighted by Gasteiger charge is -2.18. The van der Waals surface area contributed by atoms with E-state index in [1.165, 1.54) is 34.4 Å². The number of hydrogen-bond acceptors (Lipinski definition) is 5. The largest absolute Gasteiger partial charge is 0.343 e. The Kier molecular flexibility index (Phi) is 5.85. The van der Waals surface area contributed by atoms with Gasteiger partial charge in [-0.25, -0.2) is 9.37 Å². The van der Waals surface area contributed by atoms with Crippen molar-refractivity contribution in [2.75, 3.05) is 0 Å². The maximum atomic E-state index is 13.3. The van der Waals surface area contributed by atoms with Crippen LogP contribution in [0.2, 0.25) is 0 Å². The van der Waals surface area contributed by atoms with Crippen LogP contribution in [0.3, 0.4) is 0 Å². The standard InChI is InChI=1S/C25H18FN3O2S2/c26-18-10-8-16(9-11-18)19-14-33-24-22(19)25(31)29(15-27-24)13-21(30)28-23(20-7-4-12-32-20)17-5-2-1-3-6-17/h1-12,14-15,23H,13H2,(H,28,30). The Morgan fingerprint density at radius 1 is 1.03 bits per heavy atom. The Bertz CT molecular complexity index is 1460. The van der Waals surface area contributed by atoms with Crippen LogP contribution < -0.4 is 10.9 Å². The molecule has 33 heavy (non-hydrogen) atoms. The van der Waals surface area contributed by atoms with E-state index in [9.17, 15) is 14.0 Å². The van der Waals surface area contributed by atoms with Gasteiger partial charge >= 0.3 is 0 Å². The van der Waals surface area contributed by atoms with Crippen LogP contribution in [0.4, 0.5) is 4.39 Å². The molecule has 1 unspecified atom stereocenters. The van der Waals surface area contributed by atoms with Crippen LogP contribution in [0, 0.1) is 5.82 Å². The Morgan fingerprint density at radius 3 is 2.55 bits per heavy atom. The number of carbonyl (C=O) groups excluding carboxylic acids is 1. The number of benzene rings is 2. The molecule has 0 saturated carbocycles. The quantitative estimate of drug-likeness (QED) is 0.366. The van der Waals surface area contributed by atoms with Crippen LogP contribution in [0.15, 0.2) is 88.6 Å². The molecule has 3 aromatic heterocycles. The van der Waals surface area contributed by atoms with Crippen molar-refractivity contribution in [3.63, 3.8) is 0 Å². The van der Waals surface area contributed by atoms with Gasteiger partial charge in [0.15, 0.2) is 0 Å². The van der Waals surface area contributed by atoms with E-state index in [0.717, 1.165) is 16.0 Å². The van der Waals surface area contributed by atoms with Crippen molar-refractivity contribution in [3.05, 3.63) is 110 Å². The van der Waals surface area contributed by atoms with E-state index in [1.54, 1.807) is 23.5 Å². The lowest BCUT2D eigenvalue weighted by molar-refractivity contribution is -0.122. The predicted molar refractivity (Wildman–Crippen MR) is 130 cm³/mol. The first-order chi connectivity index (χ1) is 16.1. The van der Waals surface area contributed by atoms with Gasteiger partial charge in [0, 0.05) is 15.8 Å². The van der Waals surface area contributed by atoms with E-state index < -0.39 is 0 Å². The molecule has 5 aromatic rings. The van der Waals surface area contributed by atoms with Gasteiger partial charge in [0.2, 0.25) is 5.91 Å². The van der Waals surface area contributed by atoms with Crippen LogP contribution >= 0.6 is 22.7 Å². The number of carbonyl (C=O) groups is 1. The van der Waals surface area contributed by atoms with Crippen LogP contribution in [0.1, 0.15) is 16.5 Å². The summed E-state index contributed by atoms with van der Waals surface area (Å²) in [5.41, 5.74) is 2.07. The number of rotatable bonds is 6. The fraction of sp³-hybridized carbons (Fsp3) is 0.0800. The van der Waals surface area contributed by atoms with E-state index in [-0.39, 0.29) is 29.9 Å². The predicted octanol–water partition coefficient (Wildman–Crippen LogP) is 5.23. The van der Waals surface area contributed by atoms with Crippen molar-refractivity contribution in [2.24, 2.45) is 0 Å². The fourth-order valence-electron chi connectivity index (χ4n) is 3.70. The number of hydrogen-bond donors (Lipinski definition) is 1. The minimum atomic E-state index is -0.343. The van der Waals surface area contributed by atoms with Gasteiger partial charge in [-0.3, -0.25) is 14.2 Å². The Labute approximate surface area is 196 Å². The second kappa shape index (κ2) is 9.09. The van der Waals surface area contributed by atoms with E-state index in [1.807, 2.05) is 53.2 Å². The molecule has 1 atom stereocenters. The Balaban J connectivity index is 1.44. The highest BCUT2D eigenvalue weighted by Crippen LogP contribution is 2.31. The molecule has 5 rings (SSSR count). The minimum absolute atomic E-state index is 0.158. The highest BCUT2D eigenvalue weighted by atomic mass is 32.1. The van der Waals surface area contributed by atoms with Crippen LogP contribution in [0.5, 0.6) is 0 Å². The lowest BCUT2D eigenvalue weighted by Crippen LogP contribution is -2.35. The molecule has 8 heteroatoms. The first kappa shape index (κ1) is 21.2. The fourth-order valence-corrected chi connectivity index (χ4v) is 5.41.